The van der Waals surface area contributed by atoms with E-state index in [4.69, 9.17) is 18.9 Å². The molecule has 1 heterocycles. The second kappa shape index (κ2) is 7.27. The molecule has 112 valence electrons. The minimum atomic E-state index is -1.13. The molecule has 20 heavy (non-hydrogen) atoms. The molecule has 1 rings (SSSR count). The predicted octanol–water partition coefficient (Wildman–Crippen LogP) is 0.0920. The molecule has 2 unspecified atom stereocenters. The van der Waals surface area contributed by atoms with Gasteiger partial charge < -0.3 is 28.4 Å². The molecule has 0 bridgehead atoms. The normalized spacial score (nSPS) is 27.0. The second-order valence-corrected chi connectivity index (χ2v) is 3.50. The van der Waals surface area contributed by atoms with Gasteiger partial charge in [-0.05, 0) is 0 Å². The van der Waals surface area contributed by atoms with Crippen LogP contribution in [0.5, 0.6) is 0 Å². The molecular formula is C12H16O8. The molecular weight excluding hydrogens is 272 g/mol. The average molecular weight is 288 g/mol. The smallest absolute Gasteiger partial charge is 0.351 e. The van der Waals surface area contributed by atoms with Crippen LogP contribution >= 0.6 is 0 Å². The van der Waals surface area contributed by atoms with Crippen LogP contribution in [0.4, 0.5) is 0 Å². The number of carbonyl (C=O) groups excluding carboxylic acids is 2. The number of methoxy groups -OCH3 is 4. The highest BCUT2D eigenvalue weighted by atomic mass is 16.7. The third-order valence-corrected chi connectivity index (χ3v) is 2.33. The SMILES string of the molecule is COC(=O)C1/C=C(/OC)OC(C(=O)OC)/C=C(/OC)O1. The Balaban J connectivity index is 3.07. The van der Waals surface area contributed by atoms with Crippen molar-refractivity contribution in [2.24, 2.45) is 0 Å². The molecule has 0 saturated carbocycles. The monoisotopic (exact) mass is 288 g/mol. The first-order valence-electron chi connectivity index (χ1n) is 5.56. The number of carbonyl (C=O) groups is 2. The maximum absolute atomic E-state index is 11.5. The minimum Gasteiger partial charge on any atom is -0.469 e. The average Bonchev–Trinajstić information content (AvgIpc) is 2.46. The van der Waals surface area contributed by atoms with Crippen molar-refractivity contribution in [2.45, 2.75) is 12.2 Å². The Bertz CT molecular complexity index is 385. The molecule has 0 fully saturated rings. The molecule has 8 nitrogen and oxygen atoms in total. The standard InChI is InChI=1S/C12H16O8/c1-15-9-5-7(11(13)17-3)20-10(16-2)6-8(19-9)12(14)18-4/h5-8H,1-4H3/b9-5-,10-6-. The van der Waals surface area contributed by atoms with E-state index in [2.05, 4.69) is 9.47 Å². The molecule has 1 aliphatic heterocycles. The van der Waals surface area contributed by atoms with E-state index in [0.29, 0.717) is 0 Å². The Morgan fingerprint density at radius 1 is 0.850 bits per heavy atom. The Morgan fingerprint density at radius 2 is 1.20 bits per heavy atom. The fourth-order valence-corrected chi connectivity index (χ4v) is 1.34. The van der Waals surface area contributed by atoms with Crippen LogP contribution in [0.3, 0.4) is 0 Å². The lowest BCUT2D eigenvalue weighted by Crippen LogP contribution is -2.30. The van der Waals surface area contributed by atoms with E-state index in [1.165, 1.54) is 40.6 Å². The lowest BCUT2D eigenvalue weighted by Gasteiger charge is -2.22. The Labute approximate surface area is 115 Å². The molecule has 0 aromatic rings. The fraction of sp³-hybridized carbons (Fsp3) is 0.500. The van der Waals surface area contributed by atoms with Gasteiger partial charge >= 0.3 is 11.9 Å². The number of esters is 2. The van der Waals surface area contributed by atoms with Gasteiger partial charge in [-0.3, -0.25) is 0 Å². The highest BCUT2D eigenvalue weighted by Gasteiger charge is 2.30. The Kier molecular flexibility index (Phi) is 5.70. The first-order chi connectivity index (χ1) is 9.55. The molecule has 0 aromatic carbocycles. The number of hydrogen-bond donors (Lipinski definition) is 0. The zero-order chi connectivity index (χ0) is 15.1. The molecule has 0 radical (unpaired) electrons. The molecule has 1 aliphatic rings. The molecule has 0 aromatic heterocycles. The maximum Gasteiger partial charge on any atom is 0.351 e. The Hall–Kier alpha value is -2.38. The predicted molar refractivity (Wildman–Crippen MR) is 64.0 cm³/mol. The second-order valence-electron chi connectivity index (χ2n) is 3.50. The lowest BCUT2D eigenvalue weighted by molar-refractivity contribution is -0.155. The van der Waals surface area contributed by atoms with Gasteiger partial charge in [-0.15, -0.1) is 0 Å². The summed E-state index contributed by atoms with van der Waals surface area (Å²) in [5.41, 5.74) is 0. The lowest BCUT2D eigenvalue weighted by atomic mass is 10.3. The van der Waals surface area contributed by atoms with Crippen molar-refractivity contribution in [1.29, 1.82) is 0 Å². The third-order valence-electron chi connectivity index (χ3n) is 2.33. The van der Waals surface area contributed by atoms with Crippen molar-refractivity contribution in [3.05, 3.63) is 24.0 Å². The van der Waals surface area contributed by atoms with Crippen molar-refractivity contribution < 1.29 is 38.0 Å². The fourth-order valence-electron chi connectivity index (χ4n) is 1.34. The van der Waals surface area contributed by atoms with Crippen LogP contribution in [0.1, 0.15) is 0 Å². The van der Waals surface area contributed by atoms with Crippen molar-refractivity contribution in [3.63, 3.8) is 0 Å². The molecule has 0 N–H and O–H groups in total. The van der Waals surface area contributed by atoms with Gasteiger partial charge in [0.2, 0.25) is 12.2 Å². The number of rotatable bonds is 4. The molecule has 0 saturated heterocycles. The summed E-state index contributed by atoms with van der Waals surface area (Å²) in [5.74, 6) is -1.52. The van der Waals surface area contributed by atoms with Crippen molar-refractivity contribution in [3.8, 4) is 0 Å². The van der Waals surface area contributed by atoms with Gasteiger partial charge in [0, 0.05) is 12.2 Å². The summed E-state index contributed by atoms with van der Waals surface area (Å²) in [7, 11) is 5.05. The van der Waals surface area contributed by atoms with E-state index in [-0.39, 0.29) is 11.9 Å². The van der Waals surface area contributed by atoms with E-state index in [0.717, 1.165) is 0 Å². The van der Waals surface area contributed by atoms with Crippen LogP contribution in [0.15, 0.2) is 24.0 Å². The summed E-state index contributed by atoms with van der Waals surface area (Å²) in [5, 5.41) is 0. The topological polar surface area (TPSA) is 89.5 Å². The summed E-state index contributed by atoms with van der Waals surface area (Å²) in [6.45, 7) is 0. The molecule has 8 heteroatoms. The van der Waals surface area contributed by atoms with Crippen molar-refractivity contribution >= 4 is 11.9 Å². The van der Waals surface area contributed by atoms with Crippen molar-refractivity contribution in [2.75, 3.05) is 28.4 Å². The quantitative estimate of drug-likeness (QED) is 0.672. The van der Waals surface area contributed by atoms with Gasteiger partial charge in [-0.1, -0.05) is 0 Å². The van der Waals surface area contributed by atoms with Gasteiger partial charge in [-0.2, -0.15) is 0 Å². The van der Waals surface area contributed by atoms with E-state index in [1.54, 1.807) is 0 Å². The highest BCUT2D eigenvalue weighted by molar-refractivity contribution is 5.78. The largest absolute Gasteiger partial charge is 0.469 e. The summed E-state index contributed by atoms with van der Waals surface area (Å²) in [6, 6.07) is 0. The summed E-state index contributed by atoms with van der Waals surface area (Å²) in [4.78, 5) is 23.1. The molecule has 0 amide bonds. The highest BCUT2D eigenvalue weighted by Crippen LogP contribution is 2.18. The van der Waals surface area contributed by atoms with Gasteiger partial charge in [-0.25, -0.2) is 9.59 Å². The summed E-state index contributed by atoms with van der Waals surface area (Å²) < 4.78 is 29.5. The van der Waals surface area contributed by atoms with E-state index in [1.807, 2.05) is 0 Å². The maximum atomic E-state index is 11.5. The molecule has 0 spiro atoms. The Morgan fingerprint density at radius 3 is 1.45 bits per heavy atom. The summed E-state index contributed by atoms with van der Waals surface area (Å²) >= 11 is 0. The zero-order valence-corrected chi connectivity index (χ0v) is 11.6. The molecule has 0 aliphatic carbocycles. The van der Waals surface area contributed by atoms with Gasteiger partial charge in [0.25, 0.3) is 11.9 Å². The first kappa shape index (κ1) is 15.7. The zero-order valence-electron chi connectivity index (χ0n) is 11.6. The van der Waals surface area contributed by atoms with Crippen LogP contribution in [-0.4, -0.2) is 52.6 Å². The molecule has 2 atom stereocenters. The number of ether oxygens (including phenoxy) is 6. The van der Waals surface area contributed by atoms with Crippen LogP contribution < -0.4 is 0 Å². The van der Waals surface area contributed by atoms with Crippen LogP contribution in [0, 0.1) is 0 Å². The van der Waals surface area contributed by atoms with Gasteiger partial charge in [0.15, 0.2) is 0 Å². The third kappa shape index (κ3) is 3.81. The van der Waals surface area contributed by atoms with Crippen LogP contribution in [0.25, 0.3) is 0 Å². The van der Waals surface area contributed by atoms with Crippen molar-refractivity contribution in [1.82, 2.24) is 0 Å². The minimum absolute atomic E-state index is 0.0813. The summed E-state index contributed by atoms with van der Waals surface area (Å²) in [6.07, 6.45) is 0.182. The van der Waals surface area contributed by atoms with E-state index >= 15 is 0 Å². The van der Waals surface area contributed by atoms with Crippen LogP contribution in [0.2, 0.25) is 0 Å². The van der Waals surface area contributed by atoms with E-state index in [9.17, 15) is 9.59 Å². The number of hydrogen-bond acceptors (Lipinski definition) is 8. The van der Waals surface area contributed by atoms with Gasteiger partial charge in [0.1, 0.15) is 0 Å². The van der Waals surface area contributed by atoms with Gasteiger partial charge in [0.05, 0.1) is 28.4 Å². The van der Waals surface area contributed by atoms with Crippen LogP contribution in [-0.2, 0) is 38.0 Å². The first-order valence-corrected chi connectivity index (χ1v) is 5.56. The van der Waals surface area contributed by atoms with E-state index < -0.39 is 24.1 Å².